The van der Waals surface area contributed by atoms with Crippen LogP contribution in [0.4, 0.5) is 18.9 Å². The SMILES string of the molecule is CC(=O)Nc1ccc(CC(O)C(F)(F)F)cc1. The van der Waals surface area contributed by atoms with Gasteiger partial charge in [0.15, 0.2) is 6.10 Å². The molecule has 1 aromatic rings. The summed E-state index contributed by atoms with van der Waals surface area (Å²) >= 11 is 0. The van der Waals surface area contributed by atoms with Crippen LogP contribution in [0.5, 0.6) is 0 Å². The van der Waals surface area contributed by atoms with Gasteiger partial charge in [0.25, 0.3) is 0 Å². The Kier molecular flexibility index (Phi) is 4.11. The third-order valence-electron chi connectivity index (χ3n) is 2.08. The van der Waals surface area contributed by atoms with Gasteiger partial charge in [0.1, 0.15) is 0 Å². The van der Waals surface area contributed by atoms with Crippen molar-refractivity contribution < 1.29 is 23.1 Å². The number of amides is 1. The third-order valence-corrected chi connectivity index (χ3v) is 2.08. The Bertz CT molecular complexity index is 387. The molecule has 0 heterocycles. The molecule has 0 spiro atoms. The number of carbonyl (C=O) groups is 1. The highest BCUT2D eigenvalue weighted by Gasteiger charge is 2.37. The first kappa shape index (κ1) is 13.5. The largest absolute Gasteiger partial charge is 0.414 e. The van der Waals surface area contributed by atoms with Gasteiger partial charge in [-0.05, 0) is 17.7 Å². The number of rotatable bonds is 3. The number of hydrogen-bond donors (Lipinski definition) is 2. The molecule has 0 bridgehead atoms. The predicted molar refractivity (Wildman–Crippen MR) is 56.5 cm³/mol. The lowest BCUT2D eigenvalue weighted by Crippen LogP contribution is -2.30. The summed E-state index contributed by atoms with van der Waals surface area (Å²) in [5.74, 6) is -0.256. The van der Waals surface area contributed by atoms with E-state index in [1.807, 2.05) is 0 Å². The van der Waals surface area contributed by atoms with E-state index in [1.54, 1.807) is 0 Å². The van der Waals surface area contributed by atoms with E-state index in [4.69, 9.17) is 5.11 Å². The van der Waals surface area contributed by atoms with Gasteiger partial charge in [0.2, 0.25) is 5.91 Å². The van der Waals surface area contributed by atoms with Crippen molar-refractivity contribution in [2.45, 2.75) is 25.6 Å². The highest BCUT2D eigenvalue weighted by Crippen LogP contribution is 2.23. The number of anilines is 1. The van der Waals surface area contributed by atoms with Crippen LogP contribution in [0.15, 0.2) is 24.3 Å². The van der Waals surface area contributed by atoms with Gasteiger partial charge in [-0.2, -0.15) is 13.2 Å². The molecule has 0 aliphatic rings. The number of aliphatic hydroxyl groups is 1. The van der Waals surface area contributed by atoms with E-state index in [9.17, 15) is 18.0 Å². The first-order valence-electron chi connectivity index (χ1n) is 4.90. The number of benzene rings is 1. The van der Waals surface area contributed by atoms with Crippen LogP contribution in [0.3, 0.4) is 0 Å². The molecule has 0 radical (unpaired) electrons. The monoisotopic (exact) mass is 247 g/mol. The molecule has 0 saturated heterocycles. The van der Waals surface area contributed by atoms with E-state index in [0.29, 0.717) is 11.3 Å². The molecule has 1 rings (SSSR count). The molecule has 3 nitrogen and oxygen atoms in total. The van der Waals surface area contributed by atoms with Crippen LogP contribution >= 0.6 is 0 Å². The molecule has 6 heteroatoms. The van der Waals surface area contributed by atoms with E-state index in [-0.39, 0.29) is 5.91 Å². The number of carbonyl (C=O) groups excluding carboxylic acids is 1. The summed E-state index contributed by atoms with van der Waals surface area (Å²) in [5, 5.41) is 11.4. The number of nitrogens with one attached hydrogen (secondary N) is 1. The summed E-state index contributed by atoms with van der Waals surface area (Å²) in [4.78, 5) is 10.7. The summed E-state index contributed by atoms with van der Waals surface area (Å²) < 4.78 is 36.2. The molecule has 1 atom stereocenters. The van der Waals surface area contributed by atoms with Crippen molar-refractivity contribution in [2.24, 2.45) is 0 Å². The predicted octanol–water partition coefficient (Wildman–Crippen LogP) is 2.11. The molecule has 1 amide bonds. The fourth-order valence-corrected chi connectivity index (χ4v) is 1.27. The highest BCUT2D eigenvalue weighted by molar-refractivity contribution is 5.88. The van der Waals surface area contributed by atoms with E-state index in [0.717, 1.165) is 0 Å². The van der Waals surface area contributed by atoms with E-state index < -0.39 is 18.7 Å². The molecule has 94 valence electrons. The maximum atomic E-state index is 12.1. The lowest BCUT2D eigenvalue weighted by molar-refractivity contribution is -0.203. The lowest BCUT2D eigenvalue weighted by atomic mass is 10.1. The Morgan fingerprint density at radius 2 is 1.88 bits per heavy atom. The molecule has 2 N–H and O–H groups in total. The minimum absolute atomic E-state index is 0.256. The van der Waals surface area contributed by atoms with Gasteiger partial charge >= 0.3 is 6.18 Å². The summed E-state index contributed by atoms with van der Waals surface area (Å²) in [7, 11) is 0. The maximum absolute atomic E-state index is 12.1. The number of halogens is 3. The third kappa shape index (κ3) is 4.44. The lowest BCUT2D eigenvalue weighted by Gasteiger charge is -2.14. The van der Waals surface area contributed by atoms with Gasteiger partial charge in [-0.3, -0.25) is 4.79 Å². The molecular weight excluding hydrogens is 235 g/mol. The summed E-state index contributed by atoms with van der Waals surface area (Å²) in [5.41, 5.74) is 0.853. The topological polar surface area (TPSA) is 49.3 Å². The molecule has 0 aliphatic carbocycles. The Labute approximate surface area is 96.3 Å². The summed E-state index contributed by atoms with van der Waals surface area (Å²) in [6.45, 7) is 1.33. The second-order valence-electron chi connectivity index (χ2n) is 3.64. The fraction of sp³-hybridized carbons (Fsp3) is 0.364. The van der Waals surface area contributed by atoms with Gasteiger partial charge in [-0.25, -0.2) is 0 Å². The van der Waals surface area contributed by atoms with Gasteiger partial charge in [0.05, 0.1) is 0 Å². The molecule has 0 fully saturated rings. The zero-order chi connectivity index (χ0) is 13.1. The Balaban J connectivity index is 2.65. The number of hydrogen-bond acceptors (Lipinski definition) is 2. The zero-order valence-electron chi connectivity index (χ0n) is 9.08. The summed E-state index contributed by atoms with van der Waals surface area (Å²) in [6.07, 6.45) is -7.48. The smallest absolute Gasteiger partial charge is 0.383 e. The van der Waals surface area contributed by atoms with Crippen LogP contribution in [-0.4, -0.2) is 23.3 Å². The Morgan fingerprint density at radius 1 is 1.35 bits per heavy atom. The molecular formula is C11H12F3NO2. The molecule has 1 unspecified atom stereocenters. The maximum Gasteiger partial charge on any atom is 0.414 e. The fourth-order valence-electron chi connectivity index (χ4n) is 1.27. The van der Waals surface area contributed by atoms with Crippen molar-refractivity contribution in [3.05, 3.63) is 29.8 Å². The van der Waals surface area contributed by atoms with Crippen LogP contribution in [0, 0.1) is 0 Å². The molecule has 17 heavy (non-hydrogen) atoms. The van der Waals surface area contributed by atoms with Crippen molar-refractivity contribution in [3.63, 3.8) is 0 Å². The van der Waals surface area contributed by atoms with Gasteiger partial charge in [-0.15, -0.1) is 0 Å². The van der Waals surface area contributed by atoms with Crippen LogP contribution in [0.25, 0.3) is 0 Å². The van der Waals surface area contributed by atoms with Gasteiger partial charge in [-0.1, -0.05) is 12.1 Å². The van der Waals surface area contributed by atoms with Crippen molar-refractivity contribution in [2.75, 3.05) is 5.32 Å². The second-order valence-corrected chi connectivity index (χ2v) is 3.64. The van der Waals surface area contributed by atoms with Gasteiger partial charge < -0.3 is 10.4 Å². The van der Waals surface area contributed by atoms with E-state index in [1.165, 1.54) is 31.2 Å². The molecule has 1 aromatic carbocycles. The molecule has 0 aliphatic heterocycles. The average molecular weight is 247 g/mol. The molecule has 0 aromatic heterocycles. The van der Waals surface area contributed by atoms with Crippen molar-refractivity contribution in [1.82, 2.24) is 0 Å². The average Bonchev–Trinajstić information content (AvgIpc) is 2.18. The van der Waals surface area contributed by atoms with Crippen molar-refractivity contribution >= 4 is 11.6 Å². The Morgan fingerprint density at radius 3 is 2.29 bits per heavy atom. The highest BCUT2D eigenvalue weighted by atomic mass is 19.4. The number of aliphatic hydroxyl groups excluding tert-OH is 1. The van der Waals surface area contributed by atoms with Crippen LogP contribution < -0.4 is 5.32 Å². The minimum atomic E-state index is -4.61. The standard InChI is InChI=1S/C11H12F3NO2/c1-7(16)15-9-4-2-8(3-5-9)6-10(17)11(12,13)14/h2-5,10,17H,6H2,1H3,(H,15,16). The minimum Gasteiger partial charge on any atom is -0.383 e. The first-order chi connectivity index (χ1) is 7.79. The van der Waals surface area contributed by atoms with Crippen molar-refractivity contribution in [1.29, 1.82) is 0 Å². The van der Waals surface area contributed by atoms with Crippen molar-refractivity contribution in [3.8, 4) is 0 Å². The quantitative estimate of drug-likeness (QED) is 0.859. The normalized spacial score (nSPS) is 13.2. The van der Waals surface area contributed by atoms with E-state index in [2.05, 4.69) is 5.32 Å². The van der Waals surface area contributed by atoms with Crippen LogP contribution in [0.1, 0.15) is 12.5 Å². The first-order valence-corrected chi connectivity index (χ1v) is 4.90. The van der Waals surface area contributed by atoms with Crippen LogP contribution in [-0.2, 0) is 11.2 Å². The van der Waals surface area contributed by atoms with E-state index >= 15 is 0 Å². The zero-order valence-corrected chi connectivity index (χ0v) is 9.08. The second kappa shape index (κ2) is 5.18. The summed E-state index contributed by atoms with van der Waals surface area (Å²) in [6, 6.07) is 5.83. The van der Waals surface area contributed by atoms with Crippen LogP contribution in [0.2, 0.25) is 0 Å². The number of alkyl halides is 3. The molecule has 0 saturated carbocycles. The Hall–Kier alpha value is -1.56. The van der Waals surface area contributed by atoms with Gasteiger partial charge in [0, 0.05) is 19.0 Å².